The van der Waals surface area contributed by atoms with E-state index in [2.05, 4.69) is 4.98 Å². The molecule has 0 aliphatic carbocycles. The quantitative estimate of drug-likeness (QED) is 0.838. The average Bonchev–Trinajstić information content (AvgIpc) is 2.40. The summed E-state index contributed by atoms with van der Waals surface area (Å²) in [4.78, 5) is 15.8. The zero-order chi connectivity index (χ0) is 12.8. The Morgan fingerprint density at radius 1 is 1.22 bits per heavy atom. The predicted molar refractivity (Wildman–Crippen MR) is 72.1 cm³/mol. The van der Waals surface area contributed by atoms with Gasteiger partial charge in [0, 0.05) is 23.0 Å². The Morgan fingerprint density at radius 2 is 2.00 bits per heavy atom. The van der Waals surface area contributed by atoms with Gasteiger partial charge >= 0.3 is 5.97 Å². The van der Waals surface area contributed by atoms with E-state index in [9.17, 15) is 4.79 Å². The van der Waals surface area contributed by atoms with Crippen molar-refractivity contribution in [2.45, 2.75) is 11.3 Å². The van der Waals surface area contributed by atoms with Crippen molar-refractivity contribution in [3.8, 4) is 0 Å². The van der Waals surface area contributed by atoms with E-state index in [4.69, 9.17) is 5.11 Å². The largest absolute Gasteiger partial charge is 0.478 e. The highest BCUT2D eigenvalue weighted by atomic mass is 32.2. The van der Waals surface area contributed by atoms with Crippen LogP contribution in [0.2, 0.25) is 0 Å². The second kappa shape index (κ2) is 6.21. The lowest BCUT2D eigenvalue weighted by Gasteiger charge is -2.03. The molecule has 0 unspecified atom stereocenters. The van der Waals surface area contributed by atoms with Gasteiger partial charge in [-0.2, -0.15) is 0 Å². The summed E-state index contributed by atoms with van der Waals surface area (Å²) < 4.78 is 0. The smallest absolute Gasteiger partial charge is 0.335 e. The number of rotatable bonds is 5. The second-order valence-electron chi connectivity index (χ2n) is 3.79. The molecular formula is C14H13NO2S. The minimum Gasteiger partial charge on any atom is -0.478 e. The van der Waals surface area contributed by atoms with Crippen molar-refractivity contribution in [3.63, 3.8) is 0 Å². The zero-order valence-corrected chi connectivity index (χ0v) is 10.6. The Morgan fingerprint density at radius 3 is 2.72 bits per heavy atom. The molecule has 1 aromatic carbocycles. The summed E-state index contributed by atoms with van der Waals surface area (Å²) in [7, 11) is 0. The van der Waals surface area contributed by atoms with Gasteiger partial charge in [-0.25, -0.2) is 4.79 Å². The highest BCUT2D eigenvalue weighted by molar-refractivity contribution is 7.99. The van der Waals surface area contributed by atoms with Crippen molar-refractivity contribution < 1.29 is 9.90 Å². The van der Waals surface area contributed by atoms with Crippen molar-refractivity contribution in [1.29, 1.82) is 0 Å². The van der Waals surface area contributed by atoms with Crippen LogP contribution in [0.1, 0.15) is 15.9 Å². The van der Waals surface area contributed by atoms with E-state index < -0.39 is 5.97 Å². The molecule has 18 heavy (non-hydrogen) atoms. The van der Waals surface area contributed by atoms with Crippen molar-refractivity contribution in [2.24, 2.45) is 0 Å². The van der Waals surface area contributed by atoms with Crippen LogP contribution < -0.4 is 0 Å². The molecule has 0 radical (unpaired) electrons. The third kappa shape index (κ3) is 3.60. The molecule has 1 N–H and O–H groups in total. The Balaban J connectivity index is 1.90. The summed E-state index contributed by atoms with van der Waals surface area (Å²) in [5.74, 6) is 0.0409. The highest BCUT2D eigenvalue weighted by Crippen LogP contribution is 2.20. The Bertz CT molecular complexity index is 528. The van der Waals surface area contributed by atoms with Gasteiger partial charge in [0.2, 0.25) is 0 Å². The van der Waals surface area contributed by atoms with E-state index in [-0.39, 0.29) is 0 Å². The normalized spacial score (nSPS) is 10.2. The lowest BCUT2D eigenvalue weighted by atomic mass is 10.2. The first-order valence-electron chi connectivity index (χ1n) is 5.61. The standard InChI is InChI=1S/C14H13NO2S/c16-14(17)12-2-1-3-13(10-12)18-9-6-11-4-7-15-8-5-11/h1-5,7-8,10H,6,9H2,(H,16,17). The van der Waals surface area contributed by atoms with Crippen LogP contribution in [0.5, 0.6) is 0 Å². The third-order valence-corrected chi connectivity index (χ3v) is 3.49. The summed E-state index contributed by atoms with van der Waals surface area (Å²) in [6, 6.07) is 11.0. The van der Waals surface area contributed by atoms with Gasteiger partial charge in [0.05, 0.1) is 5.56 Å². The number of aryl methyl sites for hydroxylation is 1. The van der Waals surface area contributed by atoms with Crippen molar-refractivity contribution in [1.82, 2.24) is 4.98 Å². The van der Waals surface area contributed by atoms with Crippen LogP contribution in [0.15, 0.2) is 53.7 Å². The molecular weight excluding hydrogens is 246 g/mol. The molecule has 0 fully saturated rings. The van der Waals surface area contributed by atoms with E-state index >= 15 is 0 Å². The number of hydrogen-bond donors (Lipinski definition) is 1. The molecule has 0 amide bonds. The van der Waals surface area contributed by atoms with Gasteiger partial charge in [-0.1, -0.05) is 6.07 Å². The van der Waals surface area contributed by atoms with Gasteiger partial charge in [-0.3, -0.25) is 4.98 Å². The van der Waals surface area contributed by atoms with E-state index in [1.165, 1.54) is 5.56 Å². The molecule has 2 rings (SSSR count). The van der Waals surface area contributed by atoms with E-state index in [1.54, 1.807) is 42.4 Å². The molecule has 92 valence electrons. The Hall–Kier alpha value is -1.81. The summed E-state index contributed by atoms with van der Waals surface area (Å²) in [6.07, 6.45) is 4.51. The number of pyridine rings is 1. The van der Waals surface area contributed by atoms with Crippen LogP contribution in [0.4, 0.5) is 0 Å². The monoisotopic (exact) mass is 259 g/mol. The third-order valence-electron chi connectivity index (χ3n) is 2.49. The Kier molecular flexibility index (Phi) is 4.36. The number of carbonyl (C=O) groups is 1. The van der Waals surface area contributed by atoms with Crippen molar-refractivity contribution in [3.05, 3.63) is 59.9 Å². The molecule has 0 aliphatic heterocycles. The summed E-state index contributed by atoms with van der Waals surface area (Å²) in [5, 5.41) is 8.90. The first-order chi connectivity index (χ1) is 8.75. The van der Waals surface area contributed by atoms with Gasteiger partial charge in [0.25, 0.3) is 0 Å². The van der Waals surface area contributed by atoms with Crippen LogP contribution in [-0.2, 0) is 6.42 Å². The second-order valence-corrected chi connectivity index (χ2v) is 4.96. The SMILES string of the molecule is O=C(O)c1cccc(SCCc2ccncc2)c1. The molecule has 3 nitrogen and oxygen atoms in total. The Labute approximate surface area is 110 Å². The number of aromatic nitrogens is 1. The van der Waals surface area contributed by atoms with Crippen LogP contribution in [0.3, 0.4) is 0 Å². The first-order valence-corrected chi connectivity index (χ1v) is 6.59. The predicted octanol–water partition coefficient (Wildman–Crippen LogP) is 3.11. The first kappa shape index (κ1) is 12.6. The number of benzene rings is 1. The van der Waals surface area contributed by atoms with Crippen LogP contribution in [-0.4, -0.2) is 21.8 Å². The maximum absolute atomic E-state index is 10.8. The molecule has 0 aliphatic rings. The number of carboxylic acid groups (broad SMARTS) is 1. The molecule has 1 aromatic heterocycles. The average molecular weight is 259 g/mol. The molecule has 0 saturated heterocycles. The number of aromatic carboxylic acids is 1. The molecule has 0 atom stereocenters. The molecule has 2 aromatic rings. The van der Waals surface area contributed by atoms with Gasteiger partial charge in [0.1, 0.15) is 0 Å². The maximum atomic E-state index is 10.8. The minimum atomic E-state index is -0.883. The van der Waals surface area contributed by atoms with Crippen molar-refractivity contribution >= 4 is 17.7 Å². The fourth-order valence-electron chi connectivity index (χ4n) is 1.56. The summed E-state index contributed by atoms with van der Waals surface area (Å²) >= 11 is 1.66. The fourth-order valence-corrected chi connectivity index (χ4v) is 2.51. The molecule has 0 saturated carbocycles. The van der Waals surface area contributed by atoms with Crippen LogP contribution >= 0.6 is 11.8 Å². The lowest BCUT2D eigenvalue weighted by molar-refractivity contribution is 0.0696. The number of carboxylic acids is 1. The van der Waals surface area contributed by atoms with Gasteiger partial charge in [0.15, 0.2) is 0 Å². The van der Waals surface area contributed by atoms with Gasteiger partial charge in [-0.05, 0) is 42.3 Å². The number of hydrogen-bond acceptors (Lipinski definition) is 3. The molecule has 0 spiro atoms. The lowest BCUT2D eigenvalue weighted by Crippen LogP contribution is -1.95. The van der Waals surface area contributed by atoms with Crippen molar-refractivity contribution in [2.75, 3.05) is 5.75 Å². The van der Waals surface area contributed by atoms with Crippen LogP contribution in [0, 0.1) is 0 Å². The van der Waals surface area contributed by atoms with E-state index in [1.807, 2.05) is 18.2 Å². The van der Waals surface area contributed by atoms with Gasteiger partial charge in [-0.15, -0.1) is 11.8 Å². The number of nitrogens with zero attached hydrogens (tertiary/aromatic N) is 1. The minimum absolute atomic E-state index is 0.337. The highest BCUT2D eigenvalue weighted by Gasteiger charge is 2.03. The summed E-state index contributed by atoms with van der Waals surface area (Å²) in [5.41, 5.74) is 1.58. The fraction of sp³-hybridized carbons (Fsp3) is 0.143. The molecule has 0 bridgehead atoms. The summed E-state index contributed by atoms with van der Waals surface area (Å²) in [6.45, 7) is 0. The number of thioether (sulfide) groups is 1. The van der Waals surface area contributed by atoms with Gasteiger partial charge < -0.3 is 5.11 Å². The van der Waals surface area contributed by atoms with E-state index in [0.717, 1.165) is 17.1 Å². The topological polar surface area (TPSA) is 50.2 Å². The van der Waals surface area contributed by atoms with E-state index in [0.29, 0.717) is 5.56 Å². The molecule has 1 heterocycles. The molecule has 4 heteroatoms. The zero-order valence-electron chi connectivity index (χ0n) is 9.74. The maximum Gasteiger partial charge on any atom is 0.335 e. The van der Waals surface area contributed by atoms with Crippen LogP contribution in [0.25, 0.3) is 0 Å².